The summed E-state index contributed by atoms with van der Waals surface area (Å²) >= 11 is 4.49. The van der Waals surface area contributed by atoms with Crippen molar-refractivity contribution in [1.29, 1.82) is 0 Å². The highest BCUT2D eigenvalue weighted by atomic mass is 79.9. The number of ether oxygens (including phenoxy) is 1. The van der Waals surface area contributed by atoms with Gasteiger partial charge in [-0.2, -0.15) is 0 Å². The first kappa shape index (κ1) is 18.2. The van der Waals surface area contributed by atoms with E-state index < -0.39 is 11.8 Å². The molecule has 1 aromatic carbocycles. The van der Waals surface area contributed by atoms with Gasteiger partial charge >= 0.3 is 5.97 Å². The Bertz CT molecular complexity index is 553. The topological polar surface area (TPSA) is 38.7 Å². The first-order valence-electron chi connectivity index (χ1n) is 6.52. The second kappa shape index (κ2) is 7.40. The molecule has 1 rings (SSSR count). The number of carbonyl (C=O) groups is 1. The van der Waals surface area contributed by atoms with Crippen LogP contribution in [0.1, 0.15) is 40.2 Å². The second-order valence-electron chi connectivity index (χ2n) is 5.72. The minimum absolute atomic E-state index is 0.0116. The molecule has 0 aromatic heterocycles. The molecule has 0 heterocycles. The van der Waals surface area contributed by atoms with Crippen LogP contribution in [-0.2, 0) is 9.53 Å². The summed E-state index contributed by atoms with van der Waals surface area (Å²) in [5.41, 5.74) is 0.120. The van der Waals surface area contributed by atoms with Gasteiger partial charge in [0.1, 0.15) is 5.82 Å². The monoisotopic (exact) mass is 375 g/mol. The number of nitrogens with zero attached hydrogens (tertiary/aromatic N) is 1. The molecule has 0 unspecified atom stereocenters. The van der Waals surface area contributed by atoms with E-state index in [0.29, 0.717) is 4.47 Å². The highest BCUT2D eigenvalue weighted by molar-refractivity contribution is 9.10. The number of carbonyl (C=O) groups excluding carboxylic acids is 1. The van der Waals surface area contributed by atoms with Crippen LogP contribution in [-0.4, -0.2) is 22.5 Å². The fraction of sp³-hybridized carbons (Fsp3) is 0.467. The number of hydrogen-bond acceptors (Lipinski definition) is 4. The van der Waals surface area contributed by atoms with Crippen LogP contribution < -0.4 is 0 Å². The van der Waals surface area contributed by atoms with E-state index >= 15 is 0 Å². The lowest BCUT2D eigenvalue weighted by Gasteiger charge is -2.15. The highest BCUT2D eigenvalue weighted by Crippen LogP contribution is 2.26. The van der Waals surface area contributed by atoms with Crippen molar-refractivity contribution in [3.63, 3.8) is 0 Å². The molecule has 0 amide bonds. The van der Waals surface area contributed by atoms with E-state index in [-0.39, 0.29) is 22.1 Å². The maximum absolute atomic E-state index is 14.0. The number of benzene rings is 1. The molecule has 6 heteroatoms. The predicted octanol–water partition coefficient (Wildman–Crippen LogP) is 4.78. The van der Waals surface area contributed by atoms with Crippen molar-refractivity contribution in [3.05, 3.63) is 34.1 Å². The van der Waals surface area contributed by atoms with Crippen LogP contribution in [0.3, 0.4) is 0 Å². The Morgan fingerprint density at radius 2 is 2.00 bits per heavy atom. The van der Waals surface area contributed by atoms with Gasteiger partial charge in [-0.3, -0.25) is 0 Å². The van der Waals surface area contributed by atoms with Crippen molar-refractivity contribution in [2.24, 2.45) is 4.40 Å². The molecule has 0 fully saturated rings. The van der Waals surface area contributed by atoms with Gasteiger partial charge in [-0.1, -0.05) is 15.9 Å². The summed E-state index contributed by atoms with van der Waals surface area (Å²) in [6, 6.07) is 4.39. The van der Waals surface area contributed by atoms with Gasteiger partial charge < -0.3 is 4.74 Å². The van der Waals surface area contributed by atoms with Crippen LogP contribution in [0.2, 0.25) is 0 Å². The first-order valence-corrected chi connectivity index (χ1v) is 8.09. The normalized spacial score (nSPS) is 12.7. The molecule has 0 bridgehead atoms. The molecule has 1 aromatic rings. The van der Waals surface area contributed by atoms with Crippen LogP contribution in [0.4, 0.5) is 4.39 Å². The maximum atomic E-state index is 14.0. The predicted molar refractivity (Wildman–Crippen MR) is 89.2 cm³/mol. The Morgan fingerprint density at radius 3 is 2.52 bits per heavy atom. The Labute approximate surface area is 137 Å². The van der Waals surface area contributed by atoms with E-state index in [9.17, 15) is 9.18 Å². The summed E-state index contributed by atoms with van der Waals surface area (Å²) < 4.78 is 23.9. The molecular formula is C15H19BrFNO2S. The second-order valence-corrected chi connectivity index (χ2v) is 8.23. The summed E-state index contributed by atoms with van der Waals surface area (Å²) in [6.07, 6.45) is -0.294. The maximum Gasteiger partial charge on any atom is 0.358 e. The summed E-state index contributed by atoms with van der Waals surface area (Å²) in [6.45, 7) is 9.37. The zero-order valence-electron chi connectivity index (χ0n) is 12.7. The average Bonchev–Trinajstić information content (AvgIpc) is 2.31. The van der Waals surface area contributed by atoms with E-state index in [0.717, 1.165) is 0 Å². The quantitative estimate of drug-likeness (QED) is 0.431. The molecule has 0 aliphatic heterocycles. The third kappa shape index (κ3) is 6.18. The van der Waals surface area contributed by atoms with Crippen molar-refractivity contribution >= 4 is 39.6 Å². The Hall–Kier alpha value is -0.880. The van der Waals surface area contributed by atoms with Crippen molar-refractivity contribution in [1.82, 2.24) is 0 Å². The molecular weight excluding hydrogens is 357 g/mol. The molecule has 3 nitrogen and oxygen atoms in total. The van der Waals surface area contributed by atoms with E-state index in [1.54, 1.807) is 19.9 Å². The highest BCUT2D eigenvalue weighted by Gasteiger charge is 2.22. The van der Waals surface area contributed by atoms with Gasteiger partial charge in [0.25, 0.3) is 0 Å². The van der Waals surface area contributed by atoms with Gasteiger partial charge in [0.15, 0.2) is 5.71 Å². The van der Waals surface area contributed by atoms with Crippen LogP contribution in [0.25, 0.3) is 0 Å². The molecule has 0 aliphatic rings. The lowest BCUT2D eigenvalue weighted by Crippen LogP contribution is -2.23. The average molecular weight is 376 g/mol. The van der Waals surface area contributed by atoms with Gasteiger partial charge in [-0.15, -0.1) is 0 Å². The van der Waals surface area contributed by atoms with Crippen molar-refractivity contribution < 1.29 is 13.9 Å². The van der Waals surface area contributed by atoms with Crippen LogP contribution in [0, 0.1) is 5.82 Å². The Morgan fingerprint density at radius 1 is 1.38 bits per heavy atom. The molecule has 0 radical (unpaired) electrons. The van der Waals surface area contributed by atoms with Crippen LogP contribution in [0.15, 0.2) is 27.1 Å². The van der Waals surface area contributed by atoms with E-state index in [1.807, 2.05) is 20.8 Å². The van der Waals surface area contributed by atoms with E-state index in [4.69, 9.17) is 4.74 Å². The first-order chi connectivity index (χ1) is 9.60. The smallest absolute Gasteiger partial charge is 0.358 e. The molecule has 0 spiro atoms. The lowest BCUT2D eigenvalue weighted by atomic mass is 10.1. The largest absolute Gasteiger partial charge is 0.458 e. The van der Waals surface area contributed by atoms with Gasteiger partial charge in [-0.05, 0) is 64.8 Å². The molecule has 21 heavy (non-hydrogen) atoms. The Balaban J connectivity index is 3.24. The van der Waals surface area contributed by atoms with E-state index in [1.165, 1.54) is 24.1 Å². The van der Waals surface area contributed by atoms with Crippen molar-refractivity contribution in [2.75, 3.05) is 0 Å². The molecule has 0 atom stereocenters. The zero-order chi connectivity index (χ0) is 16.2. The van der Waals surface area contributed by atoms with Crippen LogP contribution >= 0.6 is 27.9 Å². The molecule has 116 valence electrons. The fourth-order valence-electron chi connectivity index (χ4n) is 1.33. The summed E-state index contributed by atoms with van der Waals surface area (Å²) in [7, 11) is 0. The molecule has 0 N–H and O–H groups in total. The van der Waals surface area contributed by atoms with E-state index in [2.05, 4.69) is 20.3 Å². The van der Waals surface area contributed by atoms with Gasteiger partial charge in [0.2, 0.25) is 0 Å². The van der Waals surface area contributed by atoms with Gasteiger partial charge in [-0.25, -0.2) is 13.6 Å². The van der Waals surface area contributed by atoms with Gasteiger partial charge in [0.05, 0.1) is 6.10 Å². The van der Waals surface area contributed by atoms with Crippen molar-refractivity contribution in [3.8, 4) is 0 Å². The summed E-state index contributed by atoms with van der Waals surface area (Å²) in [5, 5.41) is 0. The minimum atomic E-state index is -0.626. The number of halogens is 2. The van der Waals surface area contributed by atoms with Gasteiger partial charge in [0, 0.05) is 14.8 Å². The lowest BCUT2D eigenvalue weighted by molar-refractivity contribution is -0.138. The summed E-state index contributed by atoms with van der Waals surface area (Å²) in [4.78, 5) is 12.2. The third-order valence-electron chi connectivity index (χ3n) is 2.13. The number of rotatable bonds is 4. The molecule has 0 saturated heterocycles. The molecule has 0 aliphatic carbocycles. The molecule has 0 saturated carbocycles. The third-order valence-corrected chi connectivity index (χ3v) is 3.45. The standard InChI is InChI=1S/C15H19BrFNO2S/c1-9(2)20-14(19)13(18-21-15(3,4)5)11-8-10(16)6-7-12(11)17/h6-9H,1-5H3. The van der Waals surface area contributed by atoms with Crippen LogP contribution in [0.5, 0.6) is 0 Å². The minimum Gasteiger partial charge on any atom is -0.458 e. The Kier molecular flexibility index (Phi) is 6.41. The van der Waals surface area contributed by atoms with Crippen molar-refractivity contribution in [2.45, 2.75) is 45.5 Å². The zero-order valence-corrected chi connectivity index (χ0v) is 15.1. The SMILES string of the molecule is CC(C)OC(=O)C(=NSC(C)(C)C)c1cc(Br)ccc1F. The summed E-state index contributed by atoms with van der Waals surface area (Å²) in [5.74, 6) is -1.13. The number of hydrogen-bond donors (Lipinski definition) is 0. The number of esters is 1. The fourth-order valence-corrected chi connectivity index (χ4v) is 2.23.